The highest BCUT2D eigenvalue weighted by molar-refractivity contribution is 7.09. The maximum atomic E-state index is 11.7. The molecule has 1 aromatic rings. The van der Waals surface area contributed by atoms with Crippen LogP contribution in [0.1, 0.15) is 69.1 Å². The summed E-state index contributed by atoms with van der Waals surface area (Å²) in [7, 11) is 0. The largest absolute Gasteiger partial charge is 0.455 e. The van der Waals surface area contributed by atoms with Gasteiger partial charge >= 0.3 is 11.9 Å². The Kier molecular flexibility index (Phi) is 9.43. The number of esters is 2. The molecule has 8 heteroatoms. The van der Waals surface area contributed by atoms with Gasteiger partial charge in [0.15, 0.2) is 12.4 Å². The Morgan fingerprint density at radius 2 is 2.00 bits per heavy atom. The predicted molar refractivity (Wildman–Crippen MR) is 98.8 cm³/mol. The molecular weight excluding hydrogens is 356 g/mol. The summed E-state index contributed by atoms with van der Waals surface area (Å²) < 4.78 is 10.6. The molecule has 1 heterocycles. The van der Waals surface area contributed by atoms with Gasteiger partial charge in [-0.1, -0.05) is 27.7 Å². The van der Waals surface area contributed by atoms with Crippen molar-refractivity contribution >= 4 is 29.6 Å². The minimum atomic E-state index is -0.558. The molecule has 0 aliphatic carbocycles. The lowest BCUT2D eigenvalue weighted by molar-refractivity contribution is -0.147. The first-order chi connectivity index (χ1) is 12.2. The number of aromatic nitrogens is 1. The second-order valence-corrected chi connectivity index (χ2v) is 7.77. The standard InChI is InChI=1S/C18H28N2O5S/c1-11(2)6-17(23)24-10-19-15(12(3)4)7-16(25-13(5)22)18-20-14(8-21)9-26-18/h8-9,11-12,15-16,19H,6-7,10H2,1-5H3/t15-,16-/m1/s1. The van der Waals surface area contributed by atoms with Gasteiger partial charge < -0.3 is 9.47 Å². The average molecular weight is 384 g/mol. The molecular formula is C18H28N2O5S. The van der Waals surface area contributed by atoms with E-state index in [1.807, 2.05) is 27.7 Å². The van der Waals surface area contributed by atoms with Crippen LogP contribution < -0.4 is 5.32 Å². The number of ether oxygens (including phenoxy) is 2. The highest BCUT2D eigenvalue weighted by Gasteiger charge is 2.25. The van der Waals surface area contributed by atoms with E-state index in [0.29, 0.717) is 29.8 Å². The first-order valence-corrected chi connectivity index (χ1v) is 9.57. The first kappa shape index (κ1) is 22.2. The molecule has 1 N–H and O–H groups in total. The molecule has 0 amide bonds. The highest BCUT2D eigenvalue weighted by Crippen LogP contribution is 2.28. The van der Waals surface area contributed by atoms with Crippen molar-refractivity contribution < 1.29 is 23.9 Å². The number of carbonyl (C=O) groups excluding carboxylic acids is 3. The molecule has 1 rings (SSSR count). The Labute approximate surface area is 158 Å². The minimum absolute atomic E-state index is 0.0604. The van der Waals surface area contributed by atoms with Gasteiger partial charge in [-0.05, 0) is 11.8 Å². The van der Waals surface area contributed by atoms with Crippen molar-refractivity contribution in [2.24, 2.45) is 11.8 Å². The van der Waals surface area contributed by atoms with Crippen LogP contribution in [0.4, 0.5) is 0 Å². The minimum Gasteiger partial charge on any atom is -0.455 e. The van der Waals surface area contributed by atoms with E-state index >= 15 is 0 Å². The van der Waals surface area contributed by atoms with Crippen LogP contribution in [-0.4, -0.2) is 36.0 Å². The van der Waals surface area contributed by atoms with Crippen LogP contribution in [0.2, 0.25) is 0 Å². The summed E-state index contributed by atoms with van der Waals surface area (Å²) in [6, 6.07) is -0.0604. The van der Waals surface area contributed by atoms with Crippen molar-refractivity contribution in [2.75, 3.05) is 6.73 Å². The summed E-state index contributed by atoms with van der Waals surface area (Å²) in [5.74, 6) is -0.207. The quantitative estimate of drug-likeness (QED) is 0.356. The zero-order chi connectivity index (χ0) is 19.7. The van der Waals surface area contributed by atoms with E-state index in [2.05, 4.69) is 10.3 Å². The van der Waals surface area contributed by atoms with Gasteiger partial charge in [0.05, 0.1) is 0 Å². The maximum absolute atomic E-state index is 11.7. The number of carbonyl (C=O) groups is 3. The number of thiazole rings is 1. The molecule has 26 heavy (non-hydrogen) atoms. The van der Waals surface area contributed by atoms with E-state index in [1.165, 1.54) is 18.3 Å². The SMILES string of the molecule is CC(=O)O[C@H](C[C@@H](NCOC(=O)CC(C)C)C(C)C)c1nc(C=O)cs1. The predicted octanol–water partition coefficient (Wildman–Crippen LogP) is 3.11. The molecule has 0 unspecified atom stereocenters. The second-order valence-electron chi connectivity index (χ2n) is 6.88. The zero-order valence-corrected chi connectivity index (χ0v) is 16.8. The third-order valence-electron chi connectivity index (χ3n) is 3.67. The molecule has 2 atom stereocenters. The van der Waals surface area contributed by atoms with Gasteiger partial charge in [-0.2, -0.15) is 0 Å². The molecule has 146 valence electrons. The van der Waals surface area contributed by atoms with Crippen LogP contribution in [0.25, 0.3) is 0 Å². The molecule has 0 bridgehead atoms. The number of rotatable bonds is 11. The van der Waals surface area contributed by atoms with Crippen molar-refractivity contribution in [3.63, 3.8) is 0 Å². The van der Waals surface area contributed by atoms with Gasteiger partial charge in [-0.25, -0.2) is 4.98 Å². The van der Waals surface area contributed by atoms with Crippen LogP contribution in [0.5, 0.6) is 0 Å². The van der Waals surface area contributed by atoms with Gasteiger partial charge in [0.2, 0.25) is 0 Å². The molecule has 0 aromatic carbocycles. The van der Waals surface area contributed by atoms with Gasteiger partial charge in [0.1, 0.15) is 17.4 Å². The van der Waals surface area contributed by atoms with E-state index in [-0.39, 0.29) is 30.6 Å². The topological polar surface area (TPSA) is 94.6 Å². The van der Waals surface area contributed by atoms with Gasteiger partial charge in [0.25, 0.3) is 0 Å². The molecule has 7 nitrogen and oxygen atoms in total. The third-order valence-corrected chi connectivity index (χ3v) is 4.63. The second kappa shape index (κ2) is 11.0. The lowest BCUT2D eigenvalue weighted by atomic mass is 9.98. The molecule has 0 aliphatic rings. The van der Waals surface area contributed by atoms with Gasteiger partial charge in [0, 0.05) is 31.2 Å². The van der Waals surface area contributed by atoms with Crippen molar-refractivity contribution in [3.05, 3.63) is 16.1 Å². The van der Waals surface area contributed by atoms with E-state index < -0.39 is 12.1 Å². The molecule has 0 spiro atoms. The summed E-state index contributed by atoms with van der Waals surface area (Å²) in [6.45, 7) is 9.40. The molecule has 0 radical (unpaired) electrons. The van der Waals surface area contributed by atoms with Gasteiger partial charge in [-0.15, -0.1) is 11.3 Å². The van der Waals surface area contributed by atoms with E-state index in [9.17, 15) is 14.4 Å². The van der Waals surface area contributed by atoms with Crippen LogP contribution in [0, 0.1) is 11.8 Å². The number of hydrogen-bond acceptors (Lipinski definition) is 8. The molecule has 0 fully saturated rings. The Morgan fingerprint density at radius 1 is 1.31 bits per heavy atom. The number of nitrogens with one attached hydrogen (secondary N) is 1. The van der Waals surface area contributed by atoms with Crippen LogP contribution in [0.3, 0.4) is 0 Å². The summed E-state index contributed by atoms with van der Waals surface area (Å²) in [5, 5.41) is 5.40. The van der Waals surface area contributed by atoms with Crippen molar-refractivity contribution in [3.8, 4) is 0 Å². The number of aldehydes is 1. The van der Waals surface area contributed by atoms with E-state index in [1.54, 1.807) is 5.38 Å². The van der Waals surface area contributed by atoms with Crippen molar-refractivity contribution in [1.82, 2.24) is 10.3 Å². The maximum Gasteiger partial charge on any atom is 0.307 e. The monoisotopic (exact) mass is 384 g/mol. The molecule has 0 saturated heterocycles. The summed E-state index contributed by atoms with van der Waals surface area (Å²) in [5.41, 5.74) is 0.318. The molecule has 0 saturated carbocycles. The summed E-state index contributed by atoms with van der Waals surface area (Å²) in [6.07, 6.45) is 0.942. The Hall–Kier alpha value is -1.80. The Morgan fingerprint density at radius 3 is 2.50 bits per heavy atom. The van der Waals surface area contributed by atoms with Crippen LogP contribution in [-0.2, 0) is 19.1 Å². The zero-order valence-electron chi connectivity index (χ0n) is 16.0. The summed E-state index contributed by atoms with van der Waals surface area (Å²) in [4.78, 5) is 38.2. The van der Waals surface area contributed by atoms with E-state index in [0.717, 1.165) is 0 Å². The average Bonchev–Trinajstić information content (AvgIpc) is 3.00. The highest BCUT2D eigenvalue weighted by atomic mass is 32.1. The molecule has 1 aromatic heterocycles. The fraction of sp³-hybridized carbons (Fsp3) is 0.667. The lowest BCUT2D eigenvalue weighted by Gasteiger charge is -2.26. The third kappa shape index (κ3) is 8.05. The fourth-order valence-corrected chi connectivity index (χ4v) is 3.15. The lowest BCUT2D eigenvalue weighted by Crippen LogP contribution is -2.38. The number of hydrogen-bond donors (Lipinski definition) is 1. The number of nitrogens with zero attached hydrogens (tertiary/aromatic N) is 1. The van der Waals surface area contributed by atoms with E-state index in [4.69, 9.17) is 9.47 Å². The Balaban J connectivity index is 2.71. The van der Waals surface area contributed by atoms with Crippen molar-refractivity contribution in [1.29, 1.82) is 0 Å². The van der Waals surface area contributed by atoms with Crippen LogP contribution >= 0.6 is 11.3 Å². The fourth-order valence-electron chi connectivity index (χ4n) is 2.35. The van der Waals surface area contributed by atoms with Crippen molar-refractivity contribution in [2.45, 2.75) is 59.6 Å². The summed E-state index contributed by atoms with van der Waals surface area (Å²) >= 11 is 1.28. The normalized spacial score (nSPS) is 13.5. The Bertz CT molecular complexity index is 600. The first-order valence-electron chi connectivity index (χ1n) is 8.69. The van der Waals surface area contributed by atoms with Gasteiger partial charge in [-0.3, -0.25) is 19.7 Å². The van der Waals surface area contributed by atoms with Crippen LogP contribution in [0.15, 0.2) is 5.38 Å². The smallest absolute Gasteiger partial charge is 0.307 e. The molecule has 0 aliphatic heterocycles.